The number of rotatable bonds is 1. The third-order valence-corrected chi connectivity index (χ3v) is 2.31. The van der Waals surface area contributed by atoms with Gasteiger partial charge in [-0.3, -0.25) is 0 Å². The van der Waals surface area contributed by atoms with Crippen molar-refractivity contribution in [3.8, 4) is 0 Å². The lowest BCUT2D eigenvalue weighted by atomic mass is 9.91. The second-order valence-electron chi connectivity index (χ2n) is 2.87. The van der Waals surface area contributed by atoms with E-state index in [9.17, 15) is 0 Å². The summed E-state index contributed by atoms with van der Waals surface area (Å²) in [5.41, 5.74) is 5.74. The Kier molecular flexibility index (Phi) is 2.54. The normalized spacial score (nSPS) is 46.0. The van der Waals surface area contributed by atoms with Crippen molar-refractivity contribution in [3.05, 3.63) is 12.2 Å². The average molecular weight is 178 g/mol. The Bertz CT molecular complexity index is 174. The van der Waals surface area contributed by atoms with E-state index in [0.717, 1.165) is 0 Å². The maximum Gasteiger partial charge on any atom is 0.0920 e. The summed E-state index contributed by atoms with van der Waals surface area (Å²) in [7, 11) is 0. The molecule has 0 aromatic heterocycles. The third kappa shape index (κ3) is 1.18. The zero-order valence-corrected chi connectivity index (χ0v) is 6.83. The van der Waals surface area contributed by atoms with Gasteiger partial charge in [-0.15, -0.1) is 12.4 Å². The lowest BCUT2D eigenvalue weighted by molar-refractivity contribution is 0.0946. The summed E-state index contributed by atoms with van der Waals surface area (Å²) in [6, 6.07) is -0.000000000000000222. The molecule has 11 heavy (non-hydrogen) atoms. The Hall–Kier alpha value is -0.0900. The van der Waals surface area contributed by atoms with Gasteiger partial charge in [-0.2, -0.15) is 0 Å². The minimum Gasteiger partial charge on any atom is -0.396 e. The van der Waals surface area contributed by atoms with Crippen molar-refractivity contribution in [2.75, 3.05) is 6.61 Å². The highest BCUT2D eigenvalue weighted by Crippen LogP contribution is 2.32. The van der Waals surface area contributed by atoms with E-state index in [1.54, 1.807) is 0 Å². The van der Waals surface area contributed by atoms with Crippen molar-refractivity contribution in [1.82, 2.24) is 0 Å². The fraction of sp³-hybridized carbons (Fsp3) is 0.714. The number of hydrogen-bond donors (Lipinski definition) is 2. The predicted molar refractivity (Wildman–Crippen MR) is 43.6 cm³/mol. The molecule has 0 aromatic carbocycles. The maximum atomic E-state index is 8.86. The molecule has 4 atom stereocenters. The van der Waals surface area contributed by atoms with Crippen LogP contribution in [0, 0.1) is 5.92 Å². The Morgan fingerprint density at radius 3 is 2.36 bits per heavy atom. The number of aliphatic hydroxyl groups excluding tert-OH is 1. The topological polar surface area (TPSA) is 55.5 Å². The second kappa shape index (κ2) is 3.11. The molecule has 0 unspecified atom stereocenters. The molecule has 0 radical (unpaired) electrons. The summed E-state index contributed by atoms with van der Waals surface area (Å²) in [5.74, 6) is 0.120. The van der Waals surface area contributed by atoms with Crippen LogP contribution in [0.5, 0.6) is 0 Å². The molecule has 1 fully saturated rings. The van der Waals surface area contributed by atoms with E-state index >= 15 is 0 Å². The molecule has 0 amide bonds. The molecule has 0 spiro atoms. The van der Waals surface area contributed by atoms with Crippen LogP contribution < -0.4 is 5.73 Å². The van der Waals surface area contributed by atoms with Crippen molar-refractivity contribution < 1.29 is 9.84 Å². The van der Waals surface area contributed by atoms with Crippen molar-refractivity contribution >= 4 is 12.4 Å². The summed E-state index contributed by atoms with van der Waals surface area (Å²) < 4.78 is 5.39. The van der Waals surface area contributed by atoms with Crippen LogP contribution in [0.3, 0.4) is 0 Å². The average Bonchev–Trinajstić information content (AvgIpc) is 2.46. The van der Waals surface area contributed by atoms with Crippen LogP contribution in [0.25, 0.3) is 0 Å². The monoisotopic (exact) mass is 177 g/mol. The second-order valence-corrected chi connectivity index (χ2v) is 2.87. The van der Waals surface area contributed by atoms with Crippen LogP contribution in [0.15, 0.2) is 12.2 Å². The van der Waals surface area contributed by atoms with E-state index in [4.69, 9.17) is 15.6 Å². The Morgan fingerprint density at radius 2 is 2.00 bits per heavy atom. The zero-order valence-electron chi connectivity index (χ0n) is 6.01. The van der Waals surface area contributed by atoms with E-state index < -0.39 is 0 Å². The van der Waals surface area contributed by atoms with E-state index in [-0.39, 0.29) is 43.2 Å². The molecular weight excluding hydrogens is 166 g/mol. The molecule has 3 N–H and O–H groups in total. The largest absolute Gasteiger partial charge is 0.396 e. The molecule has 2 bridgehead atoms. The Morgan fingerprint density at radius 1 is 1.36 bits per heavy atom. The quantitative estimate of drug-likeness (QED) is 0.540. The first kappa shape index (κ1) is 9.00. The van der Waals surface area contributed by atoms with E-state index in [0.29, 0.717) is 0 Å². The molecule has 0 aliphatic carbocycles. The van der Waals surface area contributed by atoms with Gasteiger partial charge in [0.25, 0.3) is 0 Å². The SMILES string of the molecule is Cl.N[C@@H]1[C@H](CO)[C@H]2C=C[C@@H]1O2. The first-order valence-corrected chi connectivity index (χ1v) is 3.53. The van der Waals surface area contributed by atoms with Crippen molar-refractivity contribution in [3.63, 3.8) is 0 Å². The molecule has 3 nitrogen and oxygen atoms in total. The first-order valence-electron chi connectivity index (χ1n) is 3.53. The molecule has 0 saturated carbocycles. The zero-order chi connectivity index (χ0) is 7.14. The Balaban J connectivity index is 0.000000605. The minimum absolute atomic E-state index is 0. The summed E-state index contributed by atoms with van der Waals surface area (Å²) in [4.78, 5) is 0. The predicted octanol–water partition coefficient (Wildman–Crippen LogP) is -0.319. The molecule has 64 valence electrons. The van der Waals surface area contributed by atoms with Crippen molar-refractivity contribution in [2.24, 2.45) is 11.7 Å². The number of aliphatic hydroxyl groups is 1. The highest BCUT2D eigenvalue weighted by Gasteiger charge is 2.43. The van der Waals surface area contributed by atoms with Gasteiger partial charge in [0, 0.05) is 12.0 Å². The molecule has 2 rings (SSSR count). The smallest absolute Gasteiger partial charge is 0.0920 e. The summed E-state index contributed by atoms with van der Waals surface area (Å²) in [5, 5.41) is 8.86. The van der Waals surface area contributed by atoms with Gasteiger partial charge >= 0.3 is 0 Å². The van der Waals surface area contributed by atoms with Crippen LogP contribution in [-0.4, -0.2) is 30.0 Å². The van der Waals surface area contributed by atoms with Crippen LogP contribution >= 0.6 is 12.4 Å². The van der Waals surface area contributed by atoms with Gasteiger partial charge in [-0.05, 0) is 0 Å². The maximum absolute atomic E-state index is 8.86. The Labute approximate surface area is 71.6 Å². The molecule has 0 aromatic rings. The fourth-order valence-electron chi connectivity index (χ4n) is 1.64. The third-order valence-electron chi connectivity index (χ3n) is 2.31. The molecule has 2 heterocycles. The van der Waals surface area contributed by atoms with E-state index in [1.807, 2.05) is 12.2 Å². The van der Waals surface area contributed by atoms with E-state index in [2.05, 4.69) is 0 Å². The van der Waals surface area contributed by atoms with Crippen molar-refractivity contribution in [1.29, 1.82) is 0 Å². The van der Waals surface area contributed by atoms with Gasteiger partial charge in [0.15, 0.2) is 0 Å². The minimum atomic E-state index is -0.000000000000000222. The van der Waals surface area contributed by atoms with Gasteiger partial charge in [-0.25, -0.2) is 0 Å². The summed E-state index contributed by atoms with van der Waals surface area (Å²) in [6.45, 7) is 0.132. The molecule has 1 saturated heterocycles. The molecule has 4 heteroatoms. The molecule has 2 aliphatic rings. The van der Waals surface area contributed by atoms with Crippen LogP contribution in [0.1, 0.15) is 0 Å². The summed E-state index contributed by atoms with van der Waals surface area (Å²) in [6.07, 6.45) is 4.09. The number of hydrogen-bond acceptors (Lipinski definition) is 3. The van der Waals surface area contributed by atoms with Gasteiger partial charge < -0.3 is 15.6 Å². The number of ether oxygens (including phenoxy) is 1. The number of halogens is 1. The highest BCUT2D eigenvalue weighted by atomic mass is 35.5. The van der Waals surface area contributed by atoms with Crippen LogP contribution in [0.4, 0.5) is 0 Å². The molecular formula is C7H12ClNO2. The van der Waals surface area contributed by atoms with E-state index in [1.165, 1.54) is 0 Å². The standard InChI is InChI=1S/C7H11NO2.ClH/c8-7-4(3-9)5-1-2-6(7)10-5;/h1-2,4-7,9H,3,8H2;1H/t4-,5-,6+,7-;/m1./s1. The number of nitrogens with two attached hydrogens (primary N) is 1. The fourth-order valence-corrected chi connectivity index (χ4v) is 1.64. The lowest BCUT2D eigenvalue weighted by Crippen LogP contribution is -2.39. The van der Waals surface area contributed by atoms with Gasteiger partial charge in [0.2, 0.25) is 0 Å². The first-order chi connectivity index (χ1) is 4.83. The van der Waals surface area contributed by atoms with Crippen LogP contribution in [-0.2, 0) is 4.74 Å². The highest BCUT2D eigenvalue weighted by molar-refractivity contribution is 5.85. The van der Waals surface area contributed by atoms with Crippen LogP contribution in [0.2, 0.25) is 0 Å². The number of fused-ring (bicyclic) bond motifs is 2. The lowest BCUT2D eigenvalue weighted by Gasteiger charge is -2.18. The van der Waals surface area contributed by atoms with Crippen molar-refractivity contribution in [2.45, 2.75) is 18.2 Å². The molecule has 2 aliphatic heterocycles. The van der Waals surface area contributed by atoms with Gasteiger partial charge in [0.1, 0.15) is 0 Å². The van der Waals surface area contributed by atoms with Gasteiger partial charge in [-0.1, -0.05) is 12.2 Å². The van der Waals surface area contributed by atoms with Gasteiger partial charge in [0.05, 0.1) is 18.8 Å². The summed E-state index contributed by atoms with van der Waals surface area (Å²) >= 11 is 0.